The van der Waals surface area contributed by atoms with E-state index in [0.717, 1.165) is 5.56 Å². The number of carbonyl (C=O) groups excluding carboxylic acids is 2. The number of ether oxygens (including phenoxy) is 4. The lowest BCUT2D eigenvalue weighted by molar-refractivity contribution is 0.0734. The molecular weight excluding hydrogens is 424 g/mol. The average Bonchev–Trinajstić information content (AvgIpc) is 2.83. The lowest BCUT2D eigenvalue weighted by Crippen LogP contribution is -2.18. The first kappa shape index (κ1) is 23.3. The highest BCUT2D eigenvalue weighted by molar-refractivity contribution is 5.96. The summed E-state index contributed by atoms with van der Waals surface area (Å²) in [6.45, 7) is 1.91. The summed E-state index contributed by atoms with van der Waals surface area (Å²) in [5.74, 6) is 0.638. The number of carbonyl (C=O) groups is 2. The van der Waals surface area contributed by atoms with Gasteiger partial charge >= 0.3 is 5.97 Å². The first-order valence-electron chi connectivity index (χ1n) is 9.97. The number of amides is 1. The second-order valence-corrected chi connectivity index (χ2v) is 6.94. The largest absolute Gasteiger partial charge is 0.493 e. The summed E-state index contributed by atoms with van der Waals surface area (Å²) < 4.78 is 21.2. The van der Waals surface area contributed by atoms with Gasteiger partial charge in [-0.2, -0.15) is 5.10 Å². The fraction of sp³-hybridized carbons (Fsp3) is 0.160. The van der Waals surface area contributed by atoms with Crippen molar-refractivity contribution in [2.45, 2.75) is 6.92 Å². The highest BCUT2D eigenvalue weighted by Crippen LogP contribution is 2.38. The highest BCUT2D eigenvalue weighted by atomic mass is 16.5. The van der Waals surface area contributed by atoms with Crippen LogP contribution in [0.15, 0.2) is 65.8 Å². The molecule has 0 aliphatic heterocycles. The standard InChI is InChI=1S/C25H24N2O6/c1-16-6-5-7-18(12-16)25(29)33-20-10-8-17(9-11-20)15-26-27-24(28)19-13-21(30-2)23(32-4)22(14-19)31-3/h5-15H,1-4H3,(H,27,28)/b26-15+. The SMILES string of the molecule is COc1cc(C(=O)N/N=C/c2ccc(OC(=O)c3cccc(C)c3)cc2)cc(OC)c1OC. The molecule has 0 aliphatic rings. The molecule has 0 fully saturated rings. The van der Waals surface area contributed by atoms with Crippen LogP contribution >= 0.6 is 0 Å². The third-order valence-corrected chi connectivity index (χ3v) is 4.65. The molecule has 0 spiro atoms. The first-order valence-corrected chi connectivity index (χ1v) is 9.97. The van der Waals surface area contributed by atoms with Crippen molar-refractivity contribution in [2.75, 3.05) is 21.3 Å². The lowest BCUT2D eigenvalue weighted by atomic mass is 10.1. The van der Waals surface area contributed by atoms with Crippen LogP contribution in [0.5, 0.6) is 23.0 Å². The minimum absolute atomic E-state index is 0.292. The van der Waals surface area contributed by atoms with Gasteiger partial charge < -0.3 is 18.9 Å². The fourth-order valence-corrected chi connectivity index (χ4v) is 3.00. The van der Waals surface area contributed by atoms with Crippen LogP contribution in [0.1, 0.15) is 31.8 Å². The molecule has 1 N–H and O–H groups in total. The molecule has 0 radical (unpaired) electrons. The van der Waals surface area contributed by atoms with Gasteiger partial charge in [0.25, 0.3) is 5.91 Å². The minimum Gasteiger partial charge on any atom is -0.493 e. The number of methoxy groups -OCH3 is 3. The van der Waals surface area contributed by atoms with Crippen molar-refractivity contribution in [1.29, 1.82) is 0 Å². The van der Waals surface area contributed by atoms with Crippen molar-refractivity contribution >= 4 is 18.1 Å². The average molecular weight is 448 g/mol. The maximum absolute atomic E-state index is 12.5. The van der Waals surface area contributed by atoms with E-state index in [-0.39, 0.29) is 0 Å². The number of nitrogens with one attached hydrogen (secondary N) is 1. The summed E-state index contributed by atoms with van der Waals surface area (Å²) in [4.78, 5) is 24.7. The molecule has 0 unspecified atom stereocenters. The quantitative estimate of drug-likeness (QED) is 0.242. The molecule has 1 amide bonds. The normalized spacial score (nSPS) is 10.5. The Morgan fingerprint density at radius 2 is 1.52 bits per heavy atom. The van der Waals surface area contributed by atoms with Crippen LogP contribution in [-0.4, -0.2) is 39.4 Å². The molecule has 8 nitrogen and oxygen atoms in total. The summed E-state index contributed by atoms with van der Waals surface area (Å²) >= 11 is 0. The van der Waals surface area contributed by atoms with Crippen molar-refractivity contribution in [1.82, 2.24) is 5.43 Å². The van der Waals surface area contributed by atoms with E-state index in [1.165, 1.54) is 39.7 Å². The number of hydrazone groups is 1. The lowest BCUT2D eigenvalue weighted by Gasteiger charge is -2.13. The van der Waals surface area contributed by atoms with Crippen molar-refractivity contribution in [3.63, 3.8) is 0 Å². The fourth-order valence-electron chi connectivity index (χ4n) is 3.00. The van der Waals surface area contributed by atoms with Gasteiger partial charge in [-0.05, 0) is 61.0 Å². The molecule has 0 heterocycles. The third-order valence-electron chi connectivity index (χ3n) is 4.65. The monoisotopic (exact) mass is 448 g/mol. The van der Waals surface area contributed by atoms with E-state index in [1.807, 2.05) is 13.0 Å². The minimum atomic E-state index is -0.450. The summed E-state index contributed by atoms with van der Waals surface area (Å²) in [6, 6.07) is 17.0. The van der Waals surface area contributed by atoms with E-state index in [1.54, 1.807) is 42.5 Å². The number of rotatable bonds is 8. The Balaban J connectivity index is 1.62. The van der Waals surface area contributed by atoms with E-state index in [9.17, 15) is 9.59 Å². The Morgan fingerprint density at radius 3 is 2.09 bits per heavy atom. The van der Waals surface area contributed by atoms with E-state index in [2.05, 4.69) is 10.5 Å². The number of esters is 1. The molecule has 0 saturated carbocycles. The second kappa shape index (κ2) is 10.8. The molecule has 0 aromatic heterocycles. The Hall–Kier alpha value is -4.33. The number of hydrogen-bond donors (Lipinski definition) is 1. The summed E-state index contributed by atoms with van der Waals surface area (Å²) in [7, 11) is 4.43. The number of nitrogens with zero attached hydrogens (tertiary/aromatic N) is 1. The number of benzene rings is 3. The molecular formula is C25H24N2O6. The molecule has 0 bridgehead atoms. The summed E-state index contributed by atoms with van der Waals surface area (Å²) in [6.07, 6.45) is 1.47. The smallest absolute Gasteiger partial charge is 0.343 e. The Morgan fingerprint density at radius 1 is 0.848 bits per heavy atom. The van der Waals surface area contributed by atoms with Gasteiger partial charge in [0.05, 0.1) is 33.1 Å². The van der Waals surface area contributed by atoms with Crippen molar-refractivity contribution < 1.29 is 28.5 Å². The molecule has 33 heavy (non-hydrogen) atoms. The molecule has 3 aromatic carbocycles. The van der Waals surface area contributed by atoms with E-state index in [4.69, 9.17) is 18.9 Å². The molecule has 0 atom stereocenters. The van der Waals surface area contributed by atoms with Gasteiger partial charge in [-0.15, -0.1) is 0 Å². The van der Waals surface area contributed by atoms with E-state index in [0.29, 0.717) is 39.7 Å². The Bertz CT molecular complexity index is 1150. The molecule has 0 aliphatic carbocycles. The predicted molar refractivity (Wildman–Crippen MR) is 124 cm³/mol. The van der Waals surface area contributed by atoms with Crippen molar-refractivity contribution in [3.8, 4) is 23.0 Å². The molecule has 170 valence electrons. The van der Waals surface area contributed by atoms with Crippen LogP contribution < -0.4 is 24.4 Å². The van der Waals surface area contributed by atoms with E-state index < -0.39 is 11.9 Å². The van der Waals surface area contributed by atoms with Crippen LogP contribution in [0.4, 0.5) is 0 Å². The van der Waals surface area contributed by atoms with Crippen LogP contribution in [0.2, 0.25) is 0 Å². The van der Waals surface area contributed by atoms with Gasteiger partial charge in [-0.1, -0.05) is 17.7 Å². The summed E-state index contributed by atoms with van der Waals surface area (Å²) in [5.41, 5.74) is 4.91. The van der Waals surface area contributed by atoms with Crippen LogP contribution in [0, 0.1) is 6.92 Å². The van der Waals surface area contributed by atoms with Gasteiger partial charge in [0.2, 0.25) is 5.75 Å². The molecule has 3 aromatic rings. The third kappa shape index (κ3) is 5.88. The first-order chi connectivity index (χ1) is 15.9. The van der Waals surface area contributed by atoms with Crippen LogP contribution in [-0.2, 0) is 0 Å². The zero-order chi connectivity index (χ0) is 23.8. The maximum Gasteiger partial charge on any atom is 0.343 e. The second-order valence-electron chi connectivity index (χ2n) is 6.94. The van der Waals surface area contributed by atoms with Crippen LogP contribution in [0.25, 0.3) is 0 Å². The Labute approximate surface area is 191 Å². The van der Waals surface area contributed by atoms with Gasteiger partial charge in [-0.25, -0.2) is 10.2 Å². The molecule has 8 heteroatoms. The van der Waals surface area contributed by atoms with Crippen LogP contribution in [0.3, 0.4) is 0 Å². The Kier molecular flexibility index (Phi) is 7.64. The zero-order valence-electron chi connectivity index (χ0n) is 18.7. The number of aryl methyl sites for hydroxylation is 1. The molecule has 0 saturated heterocycles. The molecule has 3 rings (SSSR count). The van der Waals surface area contributed by atoms with Gasteiger partial charge in [0.15, 0.2) is 11.5 Å². The van der Waals surface area contributed by atoms with Gasteiger partial charge in [0.1, 0.15) is 5.75 Å². The highest BCUT2D eigenvalue weighted by Gasteiger charge is 2.16. The van der Waals surface area contributed by atoms with Crippen molar-refractivity contribution in [2.24, 2.45) is 5.10 Å². The number of hydrogen-bond acceptors (Lipinski definition) is 7. The summed E-state index contributed by atoms with van der Waals surface area (Å²) in [5, 5.41) is 3.97. The van der Waals surface area contributed by atoms with E-state index >= 15 is 0 Å². The topological polar surface area (TPSA) is 95.5 Å². The van der Waals surface area contributed by atoms with Crippen molar-refractivity contribution in [3.05, 3.63) is 82.9 Å². The predicted octanol–water partition coefficient (Wildman–Crippen LogP) is 4.00. The van der Waals surface area contributed by atoms with Gasteiger partial charge in [-0.3, -0.25) is 4.79 Å². The van der Waals surface area contributed by atoms with Gasteiger partial charge in [0, 0.05) is 5.56 Å². The maximum atomic E-state index is 12.5. The zero-order valence-corrected chi connectivity index (χ0v) is 18.7.